The SMILES string of the molecule is CCCCCCCCC/C=C/C=C/CCCCCC(=O)NC(COP(=O)(O)OCC[N+](C)(C)C)C(/C=C\CCCCCCCCCCCC)OC(=O)CCCCCCCCCCCCCCCCCCCCCCCCC. The van der Waals surface area contributed by atoms with Gasteiger partial charge in [-0.3, -0.25) is 18.6 Å². The maximum Gasteiger partial charge on any atom is 0.472 e. The molecule has 0 saturated heterocycles. The second-order valence-corrected chi connectivity index (χ2v) is 25.5. The minimum Gasteiger partial charge on any atom is -0.456 e. The summed E-state index contributed by atoms with van der Waals surface area (Å²) in [5.74, 6) is -0.520. The molecule has 2 N–H and O–H groups in total. The minimum absolute atomic E-state index is 0.0375. The summed E-state index contributed by atoms with van der Waals surface area (Å²) in [6, 6.07) is -0.858. The summed E-state index contributed by atoms with van der Waals surface area (Å²) >= 11 is 0. The van der Waals surface area contributed by atoms with E-state index in [1.807, 2.05) is 33.3 Å². The van der Waals surface area contributed by atoms with Crippen LogP contribution in [0.1, 0.15) is 329 Å². The van der Waals surface area contributed by atoms with E-state index >= 15 is 0 Å². The summed E-state index contributed by atoms with van der Waals surface area (Å²) < 4.78 is 30.7. The summed E-state index contributed by atoms with van der Waals surface area (Å²) in [5.41, 5.74) is 0. The molecule has 0 saturated carbocycles. The highest BCUT2D eigenvalue weighted by molar-refractivity contribution is 7.47. The van der Waals surface area contributed by atoms with Gasteiger partial charge >= 0.3 is 13.8 Å². The first-order valence-electron chi connectivity index (χ1n) is 33.3. The van der Waals surface area contributed by atoms with Crippen molar-refractivity contribution in [2.24, 2.45) is 0 Å². The van der Waals surface area contributed by atoms with Gasteiger partial charge in [0.25, 0.3) is 0 Å². The summed E-state index contributed by atoms with van der Waals surface area (Å²) in [5, 5.41) is 3.05. The van der Waals surface area contributed by atoms with E-state index in [2.05, 4.69) is 50.4 Å². The minimum atomic E-state index is -4.45. The van der Waals surface area contributed by atoms with Gasteiger partial charge < -0.3 is 19.4 Å². The molecule has 454 valence electrons. The quantitative estimate of drug-likeness (QED) is 0.0156. The lowest BCUT2D eigenvalue weighted by Gasteiger charge is -2.27. The number of rotatable bonds is 61. The molecule has 9 nitrogen and oxygen atoms in total. The van der Waals surface area contributed by atoms with Crippen LogP contribution in [-0.2, 0) is 27.9 Å². The largest absolute Gasteiger partial charge is 0.472 e. The molecule has 0 aliphatic heterocycles. The van der Waals surface area contributed by atoms with Gasteiger partial charge in [0.2, 0.25) is 5.91 Å². The van der Waals surface area contributed by atoms with Crippen LogP contribution >= 0.6 is 7.82 Å². The molecule has 3 unspecified atom stereocenters. The predicted molar refractivity (Wildman–Crippen MR) is 332 cm³/mol. The van der Waals surface area contributed by atoms with Gasteiger partial charge in [0.05, 0.1) is 33.8 Å². The van der Waals surface area contributed by atoms with Crippen molar-refractivity contribution in [1.82, 2.24) is 5.32 Å². The second-order valence-electron chi connectivity index (χ2n) is 24.0. The van der Waals surface area contributed by atoms with Crippen LogP contribution in [0, 0.1) is 0 Å². The first-order valence-corrected chi connectivity index (χ1v) is 34.8. The predicted octanol–water partition coefficient (Wildman–Crippen LogP) is 20.7. The highest BCUT2D eigenvalue weighted by atomic mass is 31.2. The van der Waals surface area contributed by atoms with E-state index in [-0.39, 0.29) is 25.1 Å². The fourth-order valence-electron chi connectivity index (χ4n) is 9.93. The fourth-order valence-corrected chi connectivity index (χ4v) is 10.7. The normalized spacial score (nSPS) is 13.8. The Labute approximate surface area is 478 Å². The molecule has 0 bridgehead atoms. The van der Waals surface area contributed by atoms with Crippen LogP contribution in [0.4, 0.5) is 0 Å². The third-order valence-electron chi connectivity index (χ3n) is 15.1. The van der Waals surface area contributed by atoms with Gasteiger partial charge in [0.1, 0.15) is 19.3 Å². The van der Waals surface area contributed by atoms with Gasteiger partial charge in [-0.25, -0.2) is 4.57 Å². The van der Waals surface area contributed by atoms with Crippen molar-refractivity contribution >= 4 is 19.7 Å². The Morgan fingerprint density at radius 1 is 0.455 bits per heavy atom. The topological polar surface area (TPSA) is 111 Å². The summed E-state index contributed by atoms with van der Waals surface area (Å²) in [6.07, 6.45) is 70.1. The van der Waals surface area contributed by atoms with E-state index in [4.69, 9.17) is 13.8 Å². The molecule has 0 heterocycles. The van der Waals surface area contributed by atoms with Crippen molar-refractivity contribution in [3.63, 3.8) is 0 Å². The average Bonchev–Trinajstić information content (AvgIpc) is 3.39. The van der Waals surface area contributed by atoms with Crippen LogP contribution in [0.25, 0.3) is 0 Å². The number of esters is 1. The molecule has 0 radical (unpaired) electrons. The molecule has 10 heteroatoms. The van der Waals surface area contributed by atoms with Crippen molar-refractivity contribution in [3.05, 3.63) is 36.5 Å². The van der Waals surface area contributed by atoms with Gasteiger partial charge in [0, 0.05) is 12.8 Å². The standard InChI is InChI=1S/C67H129N2O7P/c1-7-10-13-16-19-22-25-28-30-32-33-34-35-36-37-38-40-42-45-48-51-54-57-60-67(71)76-65(58-55-52-49-46-43-27-24-21-18-15-12-9-3)64(63-75-77(72,73)74-62-61-69(4,5)6)68-66(70)59-56-53-50-47-44-41-39-31-29-26-23-20-17-14-11-8-2/h31,39,41,44,55,58,64-65H,7-30,32-38,40,42-43,45-54,56-57,59-63H2,1-6H3,(H-,68,70,72,73)/p+1/b39-31+,44-41+,58-55-. The van der Waals surface area contributed by atoms with Crippen LogP contribution in [-0.4, -0.2) is 74.3 Å². The van der Waals surface area contributed by atoms with Crippen LogP contribution < -0.4 is 5.32 Å². The van der Waals surface area contributed by atoms with Crippen LogP contribution in [0.5, 0.6) is 0 Å². The number of phosphoric acid groups is 1. The number of carbonyl (C=O) groups excluding carboxylic acids is 2. The summed E-state index contributed by atoms with van der Waals surface area (Å²) in [7, 11) is 1.49. The summed E-state index contributed by atoms with van der Waals surface area (Å²) in [4.78, 5) is 37.7. The van der Waals surface area contributed by atoms with E-state index in [0.29, 0.717) is 30.3 Å². The molecule has 1 amide bonds. The monoisotopic (exact) mass is 1110 g/mol. The van der Waals surface area contributed by atoms with E-state index in [1.165, 1.54) is 225 Å². The molecular formula is C67H130N2O7P+. The lowest BCUT2D eigenvalue weighted by atomic mass is 10.0. The molecule has 0 fully saturated rings. The van der Waals surface area contributed by atoms with E-state index in [9.17, 15) is 19.0 Å². The highest BCUT2D eigenvalue weighted by Crippen LogP contribution is 2.43. The van der Waals surface area contributed by atoms with Gasteiger partial charge in [-0.05, 0) is 57.4 Å². The maximum absolute atomic E-state index is 13.5. The fraction of sp³-hybridized carbons (Fsp3) is 0.881. The van der Waals surface area contributed by atoms with E-state index in [0.717, 1.165) is 64.2 Å². The second kappa shape index (κ2) is 57.5. The number of allylic oxidation sites excluding steroid dienone is 5. The number of unbranched alkanes of at least 4 members (excludes halogenated alkanes) is 42. The molecule has 0 rings (SSSR count). The van der Waals surface area contributed by atoms with Crippen LogP contribution in [0.2, 0.25) is 0 Å². The maximum atomic E-state index is 13.5. The Morgan fingerprint density at radius 2 is 0.779 bits per heavy atom. The molecule has 0 aliphatic rings. The van der Waals surface area contributed by atoms with Crippen LogP contribution in [0.3, 0.4) is 0 Å². The molecule has 0 aromatic carbocycles. The number of carbonyl (C=O) groups is 2. The van der Waals surface area contributed by atoms with Crippen molar-refractivity contribution in [2.45, 2.75) is 341 Å². The Hall–Kier alpha value is -1.77. The van der Waals surface area contributed by atoms with Crippen LogP contribution in [0.15, 0.2) is 36.5 Å². The number of hydrogen-bond acceptors (Lipinski definition) is 6. The smallest absolute Gasteiger partial charge is 0.456 e. The molecule has 3 atom stereocenters. The number of likely N-dealkylation sites (N-methyl/N-ethyl adjacent to an activating group) is 1. The number of hydrogen-bond donors (Lipinski definition) is 2. The first-order chi connectivity index (χ1) is 37.4. The zero-order valence-electron chi connectivity index (χ0n) is 52.0. The number of quaternary nitrogens is 1. The van der Waals surface area contributed by atoms with Crippen molar-refractivity contribution < 1.29 is 37.3 Å². The first kappa shape index (κ1) is 75.2. The van der Waals surface area contributed by atoms with E-state index in [1.54, 1.807) is 0 Å². The van der Waals surface area contributed by atoms with Gasteiger partial charge in [0.15, 0.2) is 0 Å². The van der Waals surface area contributed by atoms with Gasteiger partial charge in [-0.1, -0.05) is 295 Å². The van der Waals surface area contributed by atoms with Gasteiger partial charge in [-0.15, -0.1) is 0 Å². The van der Waals surface area contributed by atoms with Gasteiger partial charge in [-0.2, -0.15) is 0 Å². The number of nitrogens with zero attached hydrogens (tertiary/aromatic N) is 1. The Kier molecular flexibility index (Phi) is 56.1. The molecule has 0 spiro atoms. The van der Waals surface area contributed by atoms with E-state index < -0.39 is 20.0 Å². The zero-order valence-corrected chi connectivity index (χ0v) is 52.9. The average molecular weight is 1110 g/mol. The molecular weight excluding hydrogens is 976 g/mol. The third kappa shape index (κ3) is 58.7. The number of ether oxygens (including phenoxy) is 1. The highest BCUT2D eigenvalue weighted by Gasteiger charge is 2.30. The Balaban J connectivity index is 5.13. The number of amides is 1. The zero-order chi connectivity index (χ0) is 56.4. The third-order valence-corrected chi connectivity index (χ3v) is 16.1. The Morgan fingerprint density at radius 3 is 1.16 bits per heavy atom. The Bertz CT molecular complexity index is 1410. The lowest BCUT2D eigenvalue weighted by Crippen LogP contribution is -2.47. The summed E-state index contributed by atoms with van der Waals surface area (Å²) in [6.45, 7) is 7.03. The number of phosphoric ester groups is 1. The molecule has 0 aliphatic carbocycles. The number of nitrogens with one attached hydrogen (secondary N) is 1. The molecule has 0 aromatic rings. The molecule has 0 aromatic heterocycles. The van der Waals surface area contributed by atoms with Crippen molar-refractivity contribution in [1.29, 1.82) is 0 Å². The lowest BCUT2D eigenvalue weighted by molar-refractivity contribution is -0.870. The van der Waals surface area contributed by atoms with Crippen molar-refractivity contribution in [2.75, 3.05) is 40.9 Å². The molecule has 77 heavy (non-hydrogen) atoms. The van der Waals surface area contributed by atoms with Crippen molar-refractivity contribution in [3.8, 4) is 0 Å².